The maximum atomic E-state index is 5.79. The molecule has 0 aromatic heterocycles. The van der Waals surface area contributed by atoms with Crippen LogP contribution < -0.4 is 4.74 Å². The van der Waals surface area contributed by atoms with Crippen LogP contribution >= 0.6 is 22.6 Å². The minimum atomic E-state index is 0.877. The number of hydrogen-bond donors (Lipinski definition) is 0. The van der Waals surface area contributed by atoms with E-state index in [1.807, 2.05) is 43.3 Å². The summed E-state index contributed by atoms with van der Waals surface area (Å²) in [5.41, 5.74) is 1.15. The monoisotopic (exact) mass is 310 g/mol. The second-order valence-corrected chi connectivity index (χ2v) is 4.57. The molecule has 0 unspecified atom stereocenters. The van der Waals surface area contributed by atoms with Gasteiger partial charge in [0.05, 0.1) is 0 Å². The van der Waals surface area contributed by atoms with E-state index in [1.54, 1.807) is 0 Å². The first-order valence-electron chi connectivity index (χ1n) is 4.75. The van der Waals surface area contributed by atoms with Crippen LogP contribution in [-0.4, -0.2) is 0 Å². The lowest BCUT2D eigenvalue weighted by molar-refractivity contribution is 0.478. The lowest BCUT2D eigenvalue weighted by atomic mass is 10.2. The fraction of sp³-hybridized carbons (Fsp3) is 0.0769. The van der Waals surface area contributed by atoms with Crippen molar-refractivity contribution in [1.29, 1.82) is 0 Å². The van der Waals surface area contributed by atoms with Crippen molar-refractivity contribution in [2.75, 3.05) is 0 Å². The van der Waals surface area contributed by atoms with E-state index in [-0.39, 0.29) is 0 Å². The number of aryl methyl sites for hydroxylation is 1. The fourth-order valence-electron chi connectivity index (χ4n) is 1.30. The molecule has 2 aromatic carbocycles. The van der Waals surface area contributed by atoms with Gasteiger partial charge < -0.3 is 4.74 Å². The van der Waals surface area contributed by atoms with Gasteiger partial charge in [-0.1, -0.05) is 24.3 Å². The quantitative estimate of drug-likeness (QED) is 0.748. The Morgan fingerprint density at radius 2 is 1.73 bits per heavy atom. The summed E-state index contributed by atoms with van der Waals surface area (Å²) < 4.78 is 6.97. The van der Waals surface area contributed by atoms with Crippen molar-refractivity contribution in [3.63, 3.8) is 0 Å². The van der Waals surface area contributed by atoms with Gasteiger partial charge in [0.15, 0.2) is 0 Å². The lowest BCUT2D eigenvalue weighted by Gasteiger charge is -2.08. The molecular formula is C13H11IO. The number of ether oxygens (including phenoxy) is 1. The van der Waals surface area contributed by atoms with Gasteiger partial charge in [0.2, 0.25) is 0 Å². The number of para-hydroxylation sites is 1. The van der Waals surface area contributed by atoms with Gasteiger partial charge in [0.25, 0.3) is 0 Å². The molecule has 0 atom stereocenters. The standard InChI is InChI=1S/C13H11IO/c1-10-7-8-11(14)9-13(10)15-12-5-3-2-4-6-12/h2-9H,1H3. The minimum absolute atomic E-state index is 0.877. The molecular weight excluding hydrogens is 299 g/mol. The average Bonchev–Trinajstić information content (AvgIpc) is 2.25. The third-order valence-electron chi connectivity index (χ3n) is 2.12. The van der Waals surface area contributed by atoms with E-state index in [1.165, 1.54) is 3.57 Å². The van der Waals surface area contributed by atoms with Crippen LogP contribution in [0.1, 0.15) is 5.56 Å². The van der Waals surface area contributed by atoms with Crippen molar-refractivity contribution in [2.24, 2.45) is 0 Å². The highest BCUT2D eigenvalue weighted by Gasteiger charge is 2.01. The maximum absolute atomic E-state index is 5.79. The first-order chi connectivity index (χ1) is 7.25. The third-order valence-corrected chi connectivity index (χ3v) is 2.79. The van der Waals surface area contributed by atoms with Gasteiger partial charge in [-0.05, 0) is 59.3 Å². The van der Waals surface area contributed by atoms with E-state index < -0.39 is 0 Å². The van der Waals surface area contributed by atoms with E-state index in [2.05, 4.69) is 34.7 Å². The van der Waals surface area contributed by atoms with Gasteiger partial charge in [-0.3, -0.25) is 0 Å². The molecule has 0 bridgehead atoms. The number of benzene rings is 2. The Bertz CT molecular complexity index is 451. The van der Waals surface area contributed by atoms with Crippen LogP contribution in [0.5, 0.6) is 11.5 Å². The van der Waals surface area contributed by atoms with Crippen LogP contribution in [0.3, 0.4) is 0 Å². The van der Waals surface area contributed by atoms with Gasteiger partial charge in [0.1, 0.15) is 11.5 Å². The molecule has 15 heavy (non-hydrogen) atoms. The van der Waals surface area contributed by atoms with Crippen LogP contribution in [-0.2, 0) is 0 Å². The summed E-state index contributed by atoms with van der Waals surface area (Å²) in [6, 6.07) is 16.0. The Balaban J connectivity index is 2.28. The Labute approximate surface area is 103 Å². The van der Waals surface area contributed by atoms with Crippen LogP contribution in [0.25, 0.3) is 0 Å². The Morgan fingerprint density at radius 3 is 2.47 bits per heavy atom. The molecule has 0 aliphatic carbocycles. The molecule has 0 amide bonds. The van der Waals surface area contributed by atoms with Crippen LogP contribution in [0, 0.1) is 10.5 Å². The van der Waals surface area contributed by atoms with Gasteiger partial charge >= 0.3 is 0 Å². The zero-order valence-corrected chi connectivity index (χ0v) is 10.6. The second kappa shape index (κ2) is 4.66. The smallest absolute Gasteiger partial charge is 0.131 e. The zero-order chi connectivity index (χ0) is 10.7. The van der Waals surface area contributed by atoms with Gasteiger partial charge in [-0.25, -0.2) is 0 Å². The van der Waals surface area contributed by atoms with E-state index in [0.29, 0.717) is 0 Å². The van der Waals surface area contributed by atoms with Crippen molar-refractivity contribution >= 4 is 22.6 Å². The van der Waals surface area contributed by atoms with Crippen molar-refractivity contribution in [1.82, 2.24) is 0 Å². The van der Waals surface area contributed by atoms with Gasteiger partial charge in [-0.15, -0.1) is 0 Å². The number of hydrogen-bond acceptors (Lipinski definition) is 1. The van der Waals surface area contributed by atoms with Gasteiger partial charge in [-0.2, -0.15) is 0 Å². The molecule has 2 aromatic rings. The zero-order valence-electron chi connectivity index (χ0n) is 8.41. The first kappa shape index (κ1) is 10.5. The first-order valence-corrected chi connectivity index (χ1v) is 5.82. The van der Waals surface area contributed by atoms with Crippen LogP contribution in [0.2, 0.25) is 0 Å². The minimum Gasteiger partial charge on any atom is -0.457 e. The van der Waals surface area contributed by atoms with Gasteiger partial charge in [0, 0.05) is 3.57 Å². The molecule has 0 saturated carbocycles. The molecule has 1 nitrogen and oxygen atoms in total. The molecule has 0 N–H and O–H groups in total. The highest BCUT2D eigenvalue weighted by molar-refractivity contribution is 14.1. The molecule has 0 aliphatic rings. The number of rotatable bonds is 2. The van der Waals surface area contributed by atoms with E-state index in [4.69, 9.17) is 4.74 Å². The van der Waals surface area contributed by atoms with Crippen molar-refractivity contribution in [3.8, 4) is 11.5 Å². The summed E-state index contributed by atoms with van der Waals surface area (Å²) >= 11 is 2.28. The molecule has 0 radical (unpaired) electrons. The summed E-state index contributed by atoms with van der Waals surface area (Å²) in [4.78, 5) is 0. The van der Waals surface area contributed by atoms with Crippen molar-refractivity contribution in [2.45, 2.75) is 6.92 Å². The maximum Gasteiger partial charge on any atom is 0.131 e. The normalized spacial score (nSPS) is 10.0. The van der Waals surface area contributed by atoms with E-state index >= 15 is 0 Å². The Kier molecular flexibility index (Phi) is 3.26. The molecule has 76 valence electrons. The summed E-state index contributed by atoms with van der Waals surface area (Å²) in [6.45, 7) is 2.05. The molecule has 2 heteroatoms. The van der Waals surface area contributed by atoms with Crippen LogP contribution in [0.4, 0.5) is 0 Å². The average molecular weight is 310 g/mol. The Morgan fingerprint density at radius 1 is 1.00 bits per heavy atom. The molecule has 0 fully saturated rings. The molecule has 0 spiro atoms. The SMILES string of the molecule is Cc1ccc(I)cc1Oc1ccccc1. The van der Waals surface area contributed by atoms with Crippen molar-refractivity contribution < 1.29 is 4.74 Å². The number of halogens is 1. The molecule has 0 aliphatic heterocycles. The van der Waals surface area contributed by atoms with Crippen LogP contribution in [0.15, 0.2) is 48.5 Å². The predicted octanol–water partition coefficient (Wildman–Crippen LogP) is 4.39. The summed E-state index contributed by atoms with van der Waals surface area (Å²) in [5.74, 6) is 1.80. The summed E-state index contributed by atoms with van der Waals surface area (Å²) in [6.07, 6.45) is 0. The van der Waals surface area contributed by atoms with E-state index in [0.717, 1.165) is 17.1 Å². The molecule has 0 saturated heterocycles. The highest BCUT2D eigenvalue weighted by Crippen LogP contribution is 2.26. The van der Waals surface area contributed by atoms with Crippen molar-refractivity contribution in [3.05, 3.63) is 57.7 Å². The second-order valence-electron chi connectivity index (χ2n) is 3.32. The molecule has 0 heterocycles. The largest absolute Gasteiger partial charge is 0.457 e. The summed E-state index contributed by atoms with van der Waals surface area (Å²) in [7, 11) is 0. The molecule has 2 rings (SSSR count). The lowest BCUT2D eigenvalue weighted by Crippen LogP contribution is -1.87. The summed E-state index contributed by atoms with van der Waals surface area (Å²) in [5, 5.41) is 0. The van der Waals surface area contributed by atoms with E-state index in [9.17, 15) is 0 Å². The third kappa shape index (κ3) is 2.72. The topological polar surface area (TPSA) is 9.23 Å². The predicted molar refractivity (Wildman–Crippen MR) is 70.4 cm³/mol. The highest BCUT2D eigenvalue weighted by atomic mass is 127. The Hall–Kier alpha value is -1.03. The fourth-order valence-corrected chi connectivity index (χ4v) is 1.76.